The minimum absolute atomic E-state index is 0.151. The first kappa shape index (κ1) is 23.1. The lowest BCUT2D eigenvalue weighted by Crippen LogP contribution is -2.23. The molecule has 0 radical (unpaired) electrons. The molecule has 2 N–H and O–H groups in total. The maximum Gasteiger partial charge on any atom is 0.411 e. The van der Waals surface area contributed by atoms with E-state index in [0.29, 0.717) is 16.8 Å². The van der Waals surface area contributed by atoms with Crippen molar-refractivity contribution in [2.45, 2.75) is 26.3 Å². The lowest BCUT2D eigenvalue weighted by molar-refractivity contribution is -0.176. The van der Waals surface area contributed by atoms with Gasteiger partial charge in [0.15, 0.2) is 5.76 Å². The lowest BCUT2D eigenvalue weighted by atomic mass is 10.1. The van der Waals surface area contributed by atoms with Gasteiger partial charge in [-0.05, 0) is 47.9 Å². The van der Waals surface area contributed by atoms with Gasteiger partial charge >= 0.3 is 6.18 Å². The van der Waals surface area contributed by atoms with Crippen molar-refractivity contribution < 1.29 is 31.9 Å². The molecule has 6 nitrogen and oxygen atoms in total. The highest BCUT2D eigenvalue weighted by Gasteiger charge is 2.27. The van der Waals surface area contributed by atoms with Gasteiger partial charge in [0.1, 0.15) is 6.61 Å². The number of carbonyl (C=O) groups excluding carboxylic acids is 2. The Morgan fingerprint density at radius 1 is 1.00 bits per heavy atom. The zero-order valence-corrected chi connectivity index (χ0v) is 17.2. The molecule has 0 atom stereocenters. The number of furan rings is 1. The molecule has 3 aromatic rings. The fraction of sp³-hybridized carbons (Fsp3) is 0.217. The molecule has 0 aliphatic rings. The van der Waals surface area contributed by atoms with Crippen LogP contribution >= 0.6 is 0 Å². The van der Waals surface area contributed by atoms with Gasteiger partial charge in [-0.25, -0.2) is 0 Å². The van der Waals surface area contributed by atoms with Crippen LogP contribution in [0.15, 0.2) is 65.3 Å². The fourth-order valence-corrected chi connectivity index (χ4v) is 2.81. The van der Waals surface area contributed by atoms with Crippen molar-refractivity contribution in [1.29, 1.82) is 0 Å². The zero-order valence-electron chi connectivity index (χ0n) is 17.2. The molecule has 0 aliphatic carbocycles. The van der Waals surface area contributed by atoms with Gasteiger partial charge < -0.3 is 19.8 Å². The first-order chi connectivity index (χ1) is 15.2. The third-order valence-corrected chi connectivity index (χ3v) is 4.50. The summed E-state index contributed by atoms with van der Waals surface area (Å²) in [5, 5.41) is 5.49. The van der Waals surface area contributed by atoms with Crippen molar-refractivity contribution in [2.75, 3.05) is 11.9 Å². The van der Waals surface area contributed by atoms with Gasteiger partial charge in [0.25, 0.3) is 11.8 Å². The highest BCUT2D eigenvalue weighted by Crippen LogP contribution is 2.19. The molecule has 0 fully saturated rings. The van der Waals surface area contributed by atoms with Crippen molar-refractivity contribution >= 4 is 17.5 Å². The number of amides is 2. The van der Waals surface area contributed by atoms with Gasteiger partial charge in [-0.15, -0.1) is 0 Å². The van der Waals surface area contributed by atoms with E-state index in [2.05, 4.69) is 15.4 Å². The molecule has 1 aromatic heterocycles. The Labute approximate surface area is 182 Å². The number of nitrogens with one attached hydrogen (secondary N) is 2. The first-order valence-corrected chi connectivity index (χ1v) is 9.67. The molecule has 1 heterocycles. The predicted octanol–water partition coefficient (Wildman–Crippen LogP) is 4.85. The Morgan fingerprint density at radius 3 is 2.38 bits per heavy atom. The largest absolute Gasteiger partial charge is 0.459 e. The summed E-state index contributed by atoms with van der Waals surface area (Å²) in [5.74, 6) is -0.599. The van der Waals surface area contributed by atoms with Crippen LogP contribution in [-0.4, -0.2) is 24.6 Å². The number of hydrogen-bond donors (Lipinski definition) is 2. The first-order valence-electron chi connectivity index (χ1n) is 9.67. The maximum absolute atomic E-state index is 12.5. The molecule has 168 valence electrons. The molecule has 2 amide bonds. The molecular weight excluding hydrogens is 425 g/mol. The summed E-state index contributed by atoms with van der Waals surface area (Å²) >= 11 is 0. The predicted molar refractivity (Wildman–Crippen MR) is 111 cm³/mol. The van der Waals surface area contributed by atoms with E-state index in [4.69, 9.17) is 4.42 Å². The molecule has 0 aliphatic heterocycles. The van der Waals surface area contributed by atoms with Crippen molar-refractivity contribution in [3.8, 4) is 0 Å². The summed E-state index contributed by atoms with van der Waals surface area (Å²) < 4.78 is 46.1. The average molecular weight is 446 g/mol. The highest BCUT2D eigenvalue weighted by molar-refractivity contribution is 6.03. The summed E-state index contributed by atoms with van der Waals surface area (Å²) in [6.07, 6.45) is -2.96. The summed E-state index contributed by atoms with van der Waals surface area (Å²) in [7, 11) is 0. The molecule has 3 rings (SSSR count). The Morgan fingerprint density at radius 2 is 1.72 bits per heavy atom. The van der Waals surface area contributed by atoms with Gasteiger partial charge in [-0.3, -0.25) is 9.59 Å². The smallest absolute Gasteiger partial charge is 0.411 e. The van der Waals surface area contributed by atoms with Crippen molar-refractivity contribution in [3.63, 3.8) is 0 Å². The van der Waals surface area contributed by atoms with Crippen molar-refractivity contribution in [3.05, 3.63) is 88.9 Å². The van der Waals surface area contributed by atoms with Crippen LogP contribution in [0.3, 0.4) is 0 Å². The van der Waals surface area contributed by atoms with E-state index in [-0.39, 0.29) is 24.8 Å². The fourth-order valence-electron chi connectivity index (χ4n) is 2.81. The number of ether oxygens (including phenoxy) is 1. The van der Waals surface area contributed by atoms with Crippen LogP contribution in [-0.2, 0) is 17.9 Å². The second-order valence-corrected chi connectivity index (χ2v) is 7.07. The topological polar surface area (TPSA) is 80.6 Å². The molecule has 32 heavy (non-hydrogen) atoms. The number of hydrogen-bond acceptors (Lipinski definition) is 4. The third-order valence-electron chi connectivity index (χ3n) is 4.50. The Hall–Kier alpha value is -3.59. The molecule has 0 saturated heterocycles. The van der Waals surface area contributed by atoms with Crippen LogP contribution < -0.4 is 10.6 Å². The molecule has 9 heteroatoms. The normalized spacial score (nSPS) is 11.2. The van der Waals surface area contributed by atoms with Gasteiger partial charge in [-0.2, -0.15) is 13.2 Å². The lowest BCUT2D eigenvalue weighted by Gasteiger charge is -2.11. The second-order valence-electron chi connectivity index (χ2n) is 7.07. The highest BCUT2D eigenvalue weighted by atomic mass is 19.4. The molecule has 0 saturated carbocycles. The number of anilines is 1. The van der Waals surface area contributed by atoms with E-state index < -0.39 is 18.7 Å². The standard InChI is InChI=1S/C23H21F3N2O4/c1-15-4-9-18(11-19(15)28-22(30)20-3-2-10-32-20)21(29)27-12-16-5-7-17(8-6-16)13-31-14-23(24,25)26/h2-11H,12-14H2,1H3,(H,27,29)(H,28,30). The number of alkyl halides is 3. The quantitative estimate of drug-likeness (QED) is 0.519. The Balaban J connectivity index is 1.55. The summed E-state index contributed by atoms with van der Waals surface area (Å²) in [4.78, 5) is 24.7. The molecule has 0 bridgehead atoms. The van der Waals surface area contributed by atoms with Gasteiger partial charge in [0, 0.05) is 17.8 Å². The summed E-state index contributed by atoms with van der Waals surface area (Å²) in [6.45, 7) is 0.581. The van der Waals surface area contributed by atoms with E-state index in [1.807, 2.05) is 0 Å². The van der Waals surface area contributed by atoms with Crippen molar-refractivity contribution in [1.82, 2.24) is 5.32 Å². The van der Waals surface area contributed by atoms with Crippen LogP contribution in [0.2, 0.25) is 0 Å². The minimum Gasteiger partial charge on any atom is -0.459 e. The van der Waals surface area contributed by atoms with Gasteiger partial charge in [-0.1, -0.05) is 30.3 Å². The van der Waals surface area contributed by atoms with Crippen molar-refractivity contribution in [2.24, 2.45) is 0 Å². The summed E-state index contributed by atoms with van der Waals surface area (Å²) in [6, 6.07) is 14.8. The Kier molecular flexibility index (Phi) is 7.32. The van der Waals surface area contributed by atoms with Crippen LogP contribution in [0, 0.1) is 6.92 Å². The van der Waals surface area contributed by atoms with Gasteiger partial charge in [0.2, 0.25) is 0 Å². The molecular formula is C23H21F3N2O4. The second kappa shape index (κ2) is 10.1. The molecule has 0 spiro atoms. The number of rotatable bonds is 8. The maximum atomic E-state index is 12.5. The number of benzene rings is 2. The SMILES string of the molecule is Cc1ccc(C(=O)NCc2ccc(COCC(F)(F)F)cc2)cc1NC(=O)c1ccco1. The molecule has 0 unspecified atom stereocenters. The van der Waals surface area contributed by atoms with E-state index in [0.717, 1.165) is 11.1 Å². The van der Waals surface area contributed by atoms with Crippen LogP contribution in [0.25, 0.3) is 0 Å². The summed E-state index contributed by atoms with van der Waals surface area (Å²) in [5.41, 5.74) is 3.01. The van der Waals surface area contributed by atoms with Crippen LogP contribution in [0.4, 0.5) is 18.9 Å². The van der Waals surface area contributed by atoms with Crippen LogP contribution in [0.5, 0.6) is 0 Å². The number of carbonyl (C=O) groups is 2. The minimum atomic E-state index is -4.36. The monoisotopic (exact) mass is 446 g/mol. The van der Waals surface area contributed by atoms with E-state index in [1.54, 1.807) is 55.5 Å². The van der Waals surface area contributed by atoms with Crippen LogP contribution in [0.1, 0.15) is 37.6 Å². The molecule has 2 aromatic carbocycles. The number of aryl methyl sites for hydroxylation is 1. The van der Waals surface area contributed by atoms with E-state index in [1.165, 1.54) is 12.3 Å². The zero-order chi connectivity index (χ0) is 23.1. The van der Waals surface area contributed by atoms with E-state index in [9.17, 15) is 22.8 Å². The third kappa shape index (κ3) is 6.71. The average Bonchev–Trinajstić information content (AvgIpc) is 3.29. The Bertz CT molecular complexity index is 1060. The number of halogens is 3. The van der Waals surface area contributed by atoms with Gasteiger partial charge in [0.05, 0.1) is 12.9 Å². The van der Waals surface area contributed by atoms with E-state index >= 15 is 0 Å².